The second-order valence-electron chi connectivity index (χ2n) is 3.66. The molecule has 3 aromatic heterocycles. The molecule has 0 fully saturated rings. The van der Waals surface area contributed by atoms with Crippen molar-refractivity contribution in [2.24, 2.45) is 0 Å². The summed E-state index contributed by atoms with van der Waals surface area (Å²) in [5.74, 6) is -0.541. The maximum absolute atomic E-state index is 12.8. The van der Waals surface area contributed by atoms with Gasteiger partial charge in [0.15, 0.2) is 0 Å². The molecule has 0 aliphatic rings. The van der Waals surface area contributed by atoms with Gasteiger partial charge in [0.25, 0.3) is 0 Å². The van der Waals surface area contributed by atoms with E-state index in [9.17, 15) is 4.39 Å². The van der Waals surface area contributed by atoms with Gasteiger partial charge in [-0.3, -0.25) is 4.40 Å². The molecule has 0 saturated carbocycles. The van der Waals surface area contributed by atoms with Gasteiger partial charge in [0, 0.05) is 11.8 Å². The molecule has 0 aliphatic carbocycles. The minimum Gasteiger partial charge on any atom is -0.284 e. The molecule has 0 unspecified atom stereocenters. The number of aromatic nitrogens is 3. The lowest BCUT2D eigenvalue weighted by molar-refractivity contribution is 0.584. The molecule has 4 nitrogen and oxygen atoms in total. The van der Waals surface area contributed by atoms with Gasteiger partial charge in [-0.05, 0) is 30.3 Å². The monoisotopic (exact) mass is 237 g/mol. The van der Waals surface area contributed by atoms with Gasteiger partial charge in [-0.25, -0.2) is 9.97 Å². The Balaban J connectivity index is 2.32. The summed E-state index contributed by atoms with van der Waals surface area (Å²) >= 11 is 0. The fraction of sp³-hybridized carbons (Fsp3) is 0. The van der Waals surface area contributed by atoms with E-state index in [1.165, 1.54) is 18.5 Å². The summed E-state index contributed by atoms with van der Waals surface area (Å²) in [4.78, 5) is 7.71. The summed E-state index contributed by atoms with van der Waals surface area (Å²) < 4.78 is 14.5. The Labute approximate surface area is 102 Å². The van der Waals surface area contributed by atoms with Crippen LogP contribution in [0.5, 0.6) is 0 Å². The average Bonchev–Trinajstić information content (AvgIpc) is 2.82. The molecular weight excluding hydrogens is 231 g/mol. The summed E-state index contributed by atoms with van der Waals surface area (Å²) in [5.41, 5.74) is 2.44. The van der Waals surface area contributed by atoms with Crippen molar-refractivity contribution in [2.45, 2.75) is 0 Å². The largest absolute Gasteiger partial charge is 0.284 e. The van der Waals surface area contributed by atoms with Crippen molar-refractivity contribution in [2.75, 3.05) is 0 Å². The number of hydrogen-bond donors (Lipinski definition) is 0. The lowest BCUT2D eigenvalue weighted by atomic mass is 10.2. The van der Waals surface area contributed by atoms with Crippen LogP contribution in [0, 0.1) is 23.3 Å². The van der Waals surface area contributed by atoms with E-state index in [1.807, 2.05) is 0 Å². The van der Waals surface area contributed by atoms with Crippen LogP contribution in [0.4, 0.5) is 4.39 Å². The van der Waals surface area contributed by atoms with Gasteiger partial charge >= 0.3 is 0 Å². The summed E-state index contributed by atoms with van der Waals surface area (Å²) in [6.07, 6.45) is 2.91. The number of imidazole rings is 1. The molecule has 0 amide bonds. The molecule has 3 aromatic rings. The van der Waals surface area contributed by atoms with Crippen LogP contribution in [0.2, 0.25) is 0 Å². The predicted molar refractivity (Wildman–Crippen MR) is 61.9 cm³/mol. The Bertz CT molecular complexity index is 753. The highest BCUT2D eigenvalue weighted by Crippen LogP contribution is 2.21. The van der Waals surface area contributed by atoms with E-state index in [-0.39, 0.29) is 0 Å². The fourth-order valence-corrected chi connectivity index (χ4v) is 1.80. The Morgan fingerprint density at radius 1 is 1.22 bits per heavy atom. The van der Waals surface area contributed by atoms with E-state index in [4.69, 9.17) is 5.26 Å². The third-order valence-corrected chi connectivity index (χ3v) is 2.60. The van der Waals surface area contributed by atoms with Crippen LogP contribution >= 0.6 is 0 Å². The normalized spacial score (nSPS) is 10.4. The number of nitriles is 1. The number of rotatable bonds is 1. The second kappa shape index (κ2) is 3.93. The zero-order valence-corrected chi connectivity index (χ0v) is 9.13. The van der Waals surface area contributed by atoms with Crippen LogP contribution in [0.15, 0.2) is 36.7 Å². The molecule has 85 valence electrons. The number of fused-ring (bicyclic) bond motifs is 1. The Morgan fingerprint density at radius 2 is 2.11 bits per heavy atom. The van der Waals surface area contributed by atoms with Gasteiger partial charge in [0.1, 0.15) is 17.4 Å². The predicted octanol–water partition coefficient (Wildman–Crippen LogP) is 2.21. The Kier molecular flexibility index (Phi) is 2.27. The molecular formula is C13H6FN4. The van der Waals surface area contributed by atoms with Crippen LogP contribution in [-0.2, 0) is 0 Å². The topological polar surface area (TPSA) is 54.0 Å². The second-order valence-corrected chi connectivity index (χ2v) is 3.66. The third kappa shape index (κ3) is 1.52. The zero-order valence-electron chi connectivity index (χ0n) is 9.13. The van der Waals surface area contributed by atoms with Gasteiger partial charge < -0.3 is 0 Å². The van der Waals surface area contributed by atoms with Crippen LogP contribution < -0.4 is 0 Å². The van der Waals surface area contributed by atoms with Gasteiger partial charge in [0.2, 0.25) is 5.95 Å². The standard InChI is InChI=1S/C13H6FN4/c14-12-5-4-9(7-16-12)11-2-1-3-13-17-8-10(6-15)18(11)13/h2-5,7-8H. The first kappa shape index (κ1) is 10.4. The highest BCUT2D eigenvalue weighted by Gasteiger charge is 2.09. The van der Waals surface area contributed by atoms with Gasteiger partial charge in [-0.2, -0.15) is 9.65 Å². The van der Waals surface area contributed by atoms with E-state index in [0.717, 1.165) is 0 Å². The van der Waals surface area contributed by atoms with Crippen molar-refractivity contribution in [1.29, 1.82) is 5.26 Å². The molecule has 0 spiro atoms. The van der Waals surface area contributed by atoms with Crippen molar-refractivity contribution in [3.63, 3.8) is 0 Å². The van der Waals surface area contributed by atoms with E-state index in [2.05, 4.69) is 22.1 Å². The smallest absolute Gasteiger partial charge is 0.212 e. The van der Waals surface area contributed by atoms with Gasteiger partial charge in [-0.1, -0.05) is 0 Å². The van der Waals surface area contributed by atoms with E-state index in [1.54, 1.807) is 22.6 Å². The molecule has 18 heavy (non-hydrogen) atoms. The first-order valence-electron chi connectivity index (χ1n) is 5.19. The van der Waals surface area contributed by atoms with Crippen LogP contribution in [0.3, 0.4) is 0 Å². The minimum absolute atomic E-state index is 0.415. The van der Waals surface area contributed by atoms with Crippen molar-refractivity contribution >= 4 is 5.65 Å². The maximum Gasteiger partial charge on any atom is 0.212 e. The molecule has 0 N–H and O–H groups in total. The summed E-state index contributed by atoms with van der Waals surface area (Å²) in [5, 5.41) is 9.04. The van der Waals surface area contributed by atoms with Crippen molar-refractivity contribution < 1.29 is 4.39 Å². The summed E-state index contributed by atoms with van der Waals surface area (Å²) in [6.45, 7) is 0. The van der Waals surface area contributed by atoms with Crippen molar-refractivity contribution in [1.82, 2.24) is 14.4 Å². The van der Waals surface area contributed by atoms with Crippen molar-refractivity contribution in [3.05, 3.63) is 54.4 Å². The lowest BCUT2D eigenvalue weighted by Crippen LogP contribution is -1.95. The van der Waals surface area contributed by atoms with Gasteiger partial charge in [-0.15, -0.1) is 0 Å². The highest BCUT2D eigenvalue weighted by molar-refractivity contribution is 5.63. The SMILES string of the molecule is N#Cc1cnc2c[c]cc(-c3ccc(F)nc3)n12. The summed E-state index contributed by atoms with van der Waals surface area (Å²) in [6, 6.07) is 11.3. The third-order valence-electron chi connectivity index (χ3n) is 2.60. The number of halogens is 1. The van der Waals surface area contributed by atoms with Crippen LogP contribution in [0.1, 0.15) is 5.69 Å². The number of nitrogens with zero attached hydrogens (tertiary/aromatic N) is 4. The van der Waals surface area contributed by atoms with Crippen molar-refractivity contribution in [3.8, 4) is 17.3 Å². The van der Waals surface area contributed by atoms with E-state index in [0.29, 0.717) is 22.6 Å². The molecule has 0 aliphatic heterocycles. The molecule has 0 aromatic carbocycles. The Morgan fingerprint density at radius 3 is 2.83 bits per heavy atom. The average molecular weight is 237 g/mol. The maximum atomic E-state index is 12.8. The number of pyridine rings is 2. The van der Waals surface area contributed by atoms with Gasteiger partial charge in [0.05, 0.1) is 11.9 Å². The molecule has 3 rings (SSSR count). The fourth-order valence-electron chi connectivity index (χ4n) is 1.80. The van der Waals surface area contributed by atoms with E-state index >= 15 is 0 Å². The zero-order chi connectivity index (χ0) is 12.5. The summed E-state index contributed by atoms with van der Waals surface area (Å²) in [7, 11) is 0. The minimum atomic E-state index is -0.541. The molecule has 1 radical (unpaired) electrons. The quantitative estimate of drug-likeness (QED) is 0.610. The first-order chi connectivity index (χ1) is 8.79. The highest BCUT2D eigenvalue weighted by atomic mass is 19.1. The number of hydrogen-bond acceptors (Lipinski definition) is 3. The molecule has 0 bridgehead atoms. The van der Waals surface area contributed by atoms with Crippen LogP contribution in [0.25, 0.3) is 16.9 Å². The van der Waals surface area contributed by atoms with Crippen LogP contribution in [-0.4, -0.2) is 14.4 Å². The Hall–Kier alpha value is -2.74. The molecule has 5 heteroatoms. The lowest BCUT2D eigenvalue weighted by Gasteiger charge is -2.05. The first-order valence-corrected chi connectivity index (χ1v) is 5.19. The molecule has 0 saturated heterocycles. The molecule has 3 heterocycles. The van der Waals surface area contributed by atoms with E-state index < -0.39 is 5.95 Å². The molecule has 0 atom stereocenters.